The van der Waals surface area contributed by atoms with Crippen LogP contribution in [-0.4, -0.2) is 0 Å². The molecule has 2 rings (SSSR count). The number of hydrogen-bond donors (Lipinski definition) is 0. The molecule has 0 radical (unpaired) electrons. The molecule has 0 unspecified atom stereocenters. The lowest BCUT2D eigenvalue weighted by atomic mass is 9.96. The van der Waals surface area contributed by atoms with Crippen molar-refractivity contribution in [3.63, 3.8) is 0 Å². The fourth-order valence-corrected chi connectivity index (χ4v) is 1.75. The van der Waals surface area contributed by atoms with Crippen molar-refractivity contribution in [1.82, 2.24) is 0 Å². The quantitative estimate of drug-likeness (QED) is 0.598. The maximum Gasteiger partial charge on any atom is -0.0149 e. The minimum atomic E-state index is 0.603. The maximum atomic E-state index is 2.24. The highest BCUT2D eigenvalue weighted by Gasteiger charge is 2.02. The standard InChI is InChI=1S/C13H14.C3H8/c1-10(2)12-9-5-7-11-6-3-4-8-13(11)12;1-3-2/h3-10H,1-2H3;3H2,1-2H3. The topological polar surface area (TPSA) is 0 Å². The molecular weight excluding hydrogens is 192 g/mol. The first-order valence-electron chi connectivity index (χ1n) is 6.18. The second-order valence-electron chi connectivity index (χ2n) is 4.43. The van der Waals surface area contributed by atoms with E-state index in [0.29, 0.717) is 5.92 Å². The average molecular weight is 214 g/mol. The van der Waals surface area contributed by atoms with Crippen molar-refractivity contribution in [2.24, 2.45) is 0 Å². The van der Waals surface area contributed by atoms with Gasteiger partial charge in [-0.25, -0.2) is 0 Å². The van der Waals surface area contributed by atoms with Crippen molar-refractivity contribution in [3.8, 4) is 0 Å². The predicted molar refractivity (Wildman–Crippen MR) is 74.0 cm³/mol. The van der Waals surface area contributed by atoms with Crippen LogP contribution in [0.1, 0.15) is 45.6 Å². The van der Waals surface area contributed by atoms with Crippen molar-refractivity contribution in [3.05, 3.63) is 48.0 Å². The molecule has 16 heavy (non-hydrogen) atoms. The molecule has 0 atom stereocenters. The van der Waals surface area contributed by atoms with Crippen LogP contribution in [0.15, 0.2) is 42.5 Å². The Kier molecular flexibility index (Phi) is 5.04. The van der Waals surface area contributed by atoms with Crippen LogP contribution in [0.5, 0.6) is 0 Å². The van der Waals surface area contributed by atoms with E-state index in [-0.39, 0.29) is 0 Å². The molecule has 0 heteroatoms. The molecule has 0 N–H and O–H groups in total. The van der Waals surface area contributed by atoms with E-state index in [1.54, 1.807) is 0 Å². The van der Waals surface area contributed by atoms with Crippen molar-refractivity contribution in [2.75, 3.05) is 0 Å². The largest absolute Gasteiger partial charge is 0.0656 e. The molecule has 0 nitrogen and oxygen atoms in total. The highest BCUT2D eigenvalue weighted by Crippen LogP contribution is 2.24. The highest BCUT2D eigenvalue weighted by atomic mass is 14.1. The second-order valence-corrected chi connectivity index (χ2v) is 4.43. The van der Waals surface area contributed by atoms with E-state index in [0.717, 1.165) is 0 Å². The van der Waals surface area contributed by atoms with Crippen LogP contribution < -0.4 is 0 Å². The minimum absolute atomic E-state index is 0.603. The lowest BCUT2D eigenvalue weighted by molar-refractivity contribution is 0.876. The normalized spacial score (nSPS) is 10.1. The summed E-state index contributed by atoms with van der Waals surface area (Å²) >= 11 is 0. The molecule has 2 aromatic rings. The van der Waals surface area contributed by atoms with Gasteiger partial charge < -0.3 is 0 Å². The molecule has 0 amide bonds. The lowest BCUT2D eigenvalue weighted by Gasteiger charge is -2.08. The third kappa shape index (κ3) is 3.10. The van der Waals surface area contributed by atoms with Crippen LogP contribution in [0.4, 0.5) is 0 Å². The minimum Gasteiger partial charge on any atom is -0.0656 e. The van der Waals surface area contributed by atoms with Crippen molar-refractivity contribution in [2.45, 2.75) is 40.0 Å². The third-order valence-corrected chi connectivity index (χ3v) is 2.45. The zero-order valence-corrected chi connectivity index (χ0v) is 10.8. The number of hydrogen-bond acceptors (Lipinski definition) is 0. The molecule has 0 bridgehead atoms. The molecule has 2 aromatic carbocycles. The molecule has 0 fully saturated rings. The van der Waals surface area contributed by atoms with Crippen LogP contribution in [0, 0.1) is 0 Å². The van der Waals surface area contributed by atoms with Gasteiger partial charge in [0.1, 0.15) is 0 Å². The van der Waals surface area contributed by atoms with Gasteiger partial charge in [-0.05, 0) is 22.3 Å². The van der Waals surface area contributed by atoms with Gasteiger partial charge in [0.15, 0.2) is 0 Å². The Morgan fingerprint density at radius 1 is 0.875 bits per heavy atom. The molecule has 0 spiro atoms. The number of benzene rings is 2. The highest BCUT2D eigenvalue weighted by molar-refractivity contribution is 5.86. The first-order valence-corrected chi connectivity index (χ1v) is 6.18. The molecule has 0 aliphatic heterocycles. The van der Waals surface area contributed by atoms with E-state index in [4.69, 9.17) is 0 Å². The molecule has 0 saturated heterocycles. The maximum absolute atomic E-state index is 2.24. The van der Waals surface area contributed by atoms with E-state index >= 15 is 0 Å². The Morgan fingerprint density at radius 3 is 2.06 bits per heavy atom. The van der Waals surface area contributed by atoms with E-state index in [2.05, 4.69) is 70.2 Å². The van der Waals surface area contributed by atoms with E-state index < -0.39 is 0 Å². The molecular formula is C16H22. The third-order valence-electron chi connectivity index (χ3n) is 2.45. The summed E-state index contributed by atoms with van der Waals surface area (Å²) < 4.78 is 0. The van der Waals surface area contributed by atoms with Gasteiger partial charge in [-0.15, -0.1) is 0 Å². The van der Waals surface area contributed by atoms with Crippen LogP contribution in [-0.2, 0) is 0 Å². The molecule has 0 heterocycles. The van der Waals surface area contributed by atoms with E-state index in [1.165, 1.54) is 22.8 Å². The smallest absolute Gasteiger partial charge is 0.0149 e. The fourth-order valence-electron chi connectivity index (χ4n) is 1.75. The molecule has 0 aliphatic rings. The van der Waals surface area contributed by atoms with E-state index in [9.17, 15) is 0 Å². The first kappa shape index (κ1) is 12.8. The van der Waals surface area contributed by atoms with Crippen LogP contribution in [0.2, 0.25) is 0 Å². The Hall–Kier alpha value is -1.30. The summed E-state index contributed by atoms with van der Waals surface area (Å²) in [7, 11) is 0. The average Bonchev–Trinajstić information content (AvgIpc) is 2.29. The summed E-state index contributed by atoms with van der Waals surface area (Å²) in [5.74, 6) is 0.603. The van der Waals surface area contributed by atoms with Crippen molar-refractivity contribution in [1.29, 1.82) is 0 Å². The Morgan fingerprint density at radius 2 is 1.44 bits per heavy atom. The Bertz CT molecular complexity index is 421. The lowest BCUT2D eigenvalue weighted by Crippen LogP contribution is -1.88. The molecule has 0 aromatic heterocycles. The zero-order chi connectivity index (χ0) is 12.0. The van der Waals surface area contributed by atoms with Crippen molar-refractivity contribution >= 4 is 10.8 Å². The monoisotopic (exact) mass is 214 g/mol. The summed E-state index contributed by atoms with van der Waals surface area (Å²) in [4.78, 5) is 0. The van der Waals surface area contributed by atoms with Crippen LogP contribution >= 0.6 is 0 Å². The van der Waals surface area contributed by atoms with Gasteiger partial charge in [-0.2, -0.15) is 0 Å². The summed E-state index contributed by atoms with van der Waals surface area (Å²) in [5, 5.41) is 2.73. The van der Waals surface area contributed by atoms with Gasteiger partial charge in [0.05, 0.1) is 0 Å². The first-order chi connectivity index (χ1) is 7.70. The molecule has 0 aliphatic carbocycles. The molecule has 0 saturated carbocycles. The van der Waals surface area contributed by atoms with Gasteiger partial charge in [-0.1, -0.05) is 76.6 Å². The SMILES string of the molecule is CC(C)c1cccc2ccccc12.CCC. The van der Waals surface area contributed by atoms with Gasteiger partial charge in [-0.3, -0.25) is 0 Å². The summed E-state index contributed by atoms with van der Waals surface area (Å²) in [6.45, 7) is 8.73. The van der Waals surface area contributed by atoms with Gasteiger partial charge in [0, 0.05) is 0 Å². The molecule has 86 valence electrons. The number of fused-ring (bicyclic) bond motifs is 1. The van der Waals surface area contributed by atoms with Crippen LogP contribution in [0.3, 0.4) is 0 Å². The Balaban J connectivity index is 0.000000386. The summed E-state index contributed by atoms with van der Waals surface area (Å²) in [6.07, 6.45) is 1.25. The van der Waals surface area contributed by atoms with Gasteiger partial charge in [0.25, 0.3) is 0 Å². The predicted octanol–water partition coefficient (Wildman–Crippen LogP) is 5.38. The van der Waals surface area contributed by atoms with Crippen LogP contribution in [0.25, 0.3) is 10.8 Å². The number of rotatable bonds is 1. The van der Waals surface area contributed by atoms with E-state index in [1.807, 2.05) is 0 Å². The van der Waals surface area contributed by atoms with Crippen molar-refractivity contribution < 1.29 is 0 Å². The zero-order valence-electron chi connectivity index (χ0n) is 10.8. The summed E-state index contributed by atoms with van der Waals surface area (Å²) in [5.41, 5.74) is 1.44. The second kappa shape index (κ2) is 6.32. The van der Waals surface area contributed by atoms with Gasteiger partial charge in [0.2, 0.25) is 0 Å². The fraction of sp³-hybridized carbons (Fsp3) is 0.375. The summed E-state index contributed by atoms with van der Waals surface area (Å²) in [6, 6.07) is 15.1. The Labute approximate surface area is 99.3 Å². The van der Waals surface area contributed by atoms with Gasteiger partial charge >= 0.3 is 0 Å².